The van der Waals surface area contributed by atoms with Gasteiger partial charge in [-0.1, -0.05) is 0 Å². The van der Waals surface area contributed by atoms with Gasteiger partial charge in [0.15, 0.2) is 5.82 Å². The first-order valence-corrected chi connectivity index (χ1v) is 16.3. The molecule has 12 nitrogen and oxygen atoms in total. The highest BCUT2D eigenvalue weighted by Crippen LogP contribution is 2.55. The molecule has 3 aliphatic rings. The van der Waals surface area contributed by atoms with Crippen LogP contribution >= 0.6 is 0 Å². The number of methoxy groups -OCH3 is 1. The number of pyridine rings is 1. The van der Waals surface area contributed by atoms with Gasteiger partial charge in [-0.25, -0.2) is 22.2 Å². The van der Waals surface area contributed by atoms with Crippen molar-refractivity contribution >= 4 is 44.0 Å². The van der Waals surface area contributed by atoms with Crippen LogP contribution in [0, 0.1) is 5.41 Å². The van der Waals surface area contributed by atoms with Gasteiger partial charge < -0.3 is 25.4 Å². The Hall–Kier alpha value is -3.85. The molecule has 0 bridgehead atoms. The van der Waals surface area contributed by atoms with E-state index in [2.05, 4.69) is 14.9 Å². The van der Waals surface area contributed by atoms with Gasteiger partial charge in [-0.05, 0) is 49.3 Å². The number of aromatic nitrogens is 3. The van der Waals surface area contributed by atoms with Crippen LogP contribution < -0.4 is 25.0 Å². The normalized spacial score (nSPS) is 19.3. The standard InChI is InChI=1S/C29H35F2N7O5S/c1-43-22-17-18-16-21(33-27(24(18)35-34-22)38-12-8-29(30,31)9-13-38)23-20(36-44(41,42)15-14-39)3-2-19(26(32)40)25(23)37-10-6-28(4-5-28)7-11-37/h2-3,16-17,36,39H,4-15H2,1H3,(H2,32,40). The van der Waals surface area contributed by atoms with Gasteiger partial charge in [0.2, 0.25) is 15.9 Å². The fourth-order valence-electron chi connectivity index (χ4n) is 6.19. The highest BCUT2D eigenvalue weighted by atomic mass is 32.2. The first kappa shape index (κ1) is 30.2. The molecule has 2 aliphatic heterocycles. The average Bonchev–Trinajstić information content (AvgIpc) is 3.74. The Morgan fingerprint density at radius 1 is 1.05 bits per heavy atom. The smallest absolute Gasteiger partial charge is 0.251 e. The number of piperidine rings is 2. The summed E-state index contributed by atoms with van der Waals surface area (Å²) in [6, 6.07) is 6.27. The maximum absolute atomic E-state index is 14.1. The molecule has 1 spiro atoms. The van der Waals surface area contributed by atoms with Crippen molar-refractivity contribution < 1.29 is 31.8 Å². The molecule has 6 rings (SSSR count). The summed E-state index contributed by atoms with van der Waals surface area (Å²) in [6.07, 6.45) is 3.41. The molecule has 4 heterocycles. The predicted octanol–water partition coefficient (Wildman–Crippen LogP) is 3.15. The second-order valence-corrected chi connectivity index (χ2v) is 13.7. The van der Waals surface area contributed by atoms with E-state index in [1.807, 2.05) is 4.90 Å². The van der Waals surface area contributed by atoms with Crippen LogP contribution in [-0.2, 0) is 10.0 Å². The van der Waals surface area contributed by atoms with E-state index in [9.17, 15) is 27.1 Å². The molecule has 15 heteroatoms. The molecule has 1 aromatic carbocycles. The monoisotopic (exact) mass is 631 g/mol. The number of nitrogens with zero attached hydrogens (tertiary/aromatic N) is 5. The molecule has 0 unspecified atom stereocenters. The van der Waals surface area contributed by atoms with Crippen molar-refractivity contribution in [1.29, 1.82) is 0 Å². The number of benzene rings is 1. The summed E-state index contributed by atoms with van der Waals surface area (Å²) < 4.78 is 62.0. The van der Waals surface area contributed by atoms with E-state index in [1.54, 1.807) is 17.0 Å². The van der Waals surface area contributed by atoms with Gasteiger partial charge in [-0.2, -0.15) is 0 Å². The van der Waals surface area contributed by atoms with Gasteiger partial charge in [-0.15, -0.1) is 10.2 Å². The Kier molecular flexibility index (Phi) is 7.72. The van der Waals surface area contributed by atoms with Crippen molar-refractivity contribution in [3.8, 4) is 17.1 Å². The number of amides is 1. The summed E-state index contributed by atoms with van der Waals surface area (Å²) in [5, 5.41) is 18.3. The molecular weight excluding hydrogens is 596 g/mol. The number of carbonyl (C=O) groups is 1. The number of hydrogen-bond donors (Lipinski definition) is 3. The van der Waals surface area contributed by atoms with Gasteiger partial charge in [0.25, 0.3) is 11.8 Å². The fourth-order valence-corrected chi connectivity index (χ4v) is 7.04. The Bertz CT molecular complexity index is 1700. The largest absolute Gasteiger partial charge is 0.480 e. The highest BCUT2D eigenvalue weighted by Gasteiger charge is 2.45. The second-order valence-electron chi connectivity index (χ2n) is 11.9. The zero-order valence-corrected chi connectivity index (χ0v) is 25.2. The molecule has 1 saturated carbocycles. The van der Waals surface area contributed by atoms with Crippen molar-refractivity contribution in [2.24, 2.45) is 11.1 Å². The number of primary amides is 1. The molecule has 0 radical (unpaired) electrons. The number of nitrogens with one attached hydrogen (secondary N) is 1. The lowest BCUT2D eigenvalue weighted by molar-refractivity contribution is -0.0221. The summed E-state index contributed by atoms with van der Waals surface area (Å²) in [7, 11) is -2.56. The lowest BCUT2D eigenvalue weighted by atomic mass is 9.91. The Morgan fingerprint density at radius 2 is 1.73 bits per heavy atom. The Morgan fingerprint density at radius 3 is 2.34 bits per heavy atom. The van der Waals surface area contributed by atoms with E-state index in [1.165, 1.54) is 19.2 Å². The van der Waals surface area contributed by atoms with Crippen LogP contribution in [0.4, 0.5) is 26.0 Å². The molecule has 3 fully saturated rings. The third-order valence-electron chi connectivity index (χ3n) is 8.96. The lowest BCUT2D eigenvalue weighted by Crippen LogP contribution is -2.40. The SMILES string of the molecule is COc1cc2cc(-c3c(NS(=O)(=O)CCO)ccc(C(N)=O)c3N3CCC4(CC3)CC4)nc(N3CCC(F)(F)CC3)c2nn1. The lowest BCUT2D eigenvalue weighted by Gasteiger charge is -2.37. The third-order valence-corrected chi connectivity index (χ3v) is 10.2. The molecular formula is C29H35F2N7O5S. The van der Waals surface area contributed by atoms with Crippen LogP contribution in [0.15, 0.2) is 24.3 Å². The molecule has 2 saturated heterocycles. The van der Waals surface area contributed by atoms with E-state index in [4.69, 9.17) is 15.5 Å². The van der Waals surface area contributed by atoms with Gasteiger partial charge in [-0.3, -0.25) is 9.52 Å². The number of halogens is 2. The predicted molar refractivity (Wildman–Crippen MR) is 162 cm³/mol. The Balaban J connectivity index is 1.59. The van der Waals surface area contributed by atoms with Crippen molar-refractivity contribution in [2.45, 2.75) is 44.4 Å². The van der Waals surface area contributed by atoms with Crippen molar-refractivity contribution in [3.05, 3.63) is 29.8 Å². The van der Waals surface area contributed by atoms with Crippen molar-refractivity contribution in [2.75, 3.05) is 60.2 Å². The number of alkyl halides is 2. The zero-order valence-electron chi connectivity index (χ0n) is 24.4. The van der Waals surface area contributed by atoms with Gasteiger partial charge >= 0.3 is 0 Å². The Labute approximate surface area is 253 Å². The van der Waals surface area contributed by atoms with Crippen molar-refractivity contribution in [3.63, 3.8) is 0 Å². The number of hydrogen-bond acceptors (Lipinski definition) is 10. The van der Waals surface area contributed by atoms with Crippen LogP contribution in [0.3, 0.4) is 0 Å². The number of aliphatic hydroxyl groups is 1. The van der Waals surface area contributed by atoms with Crippen LogP contribution in [0.25, 0.3) is 22.2 Å². The summed E-state index contributed by atoms with van der Waals surface area (Å²) in [5.74, 6) is -3.52. The number of rotatable bonds is 9. The fraction of sp³-hybridized carbons (Fsp3) is 0.517. The molecule has 4 N–H and O–H groups in total. The molecule has 1 aliphatic carbocycles. The number of sulfonamides is 1. The number of ether oxygens (including phenoxy) is 1. The summed E-state index contributed by atoms with van der Waals surface area (Å²) in [5.41, 5.74) is 7.94. The average molecular weight is 632 g/mol. The van der Waals surface area contributed by atoms with Gasteiger partial charge in [0, 0.05) is 56.0 Å². The zero-order chi connectivity index (χ0) is 31.3. The summed E-state index contributed by atoms with van der Waals surface area (Å²) in [6.45, 7) is 0.693. The van der Waals surface area contributed by atoms with E-state index in [-0.39, 0.29) is 48.8 Å². The van der Waals surface area contributed by atoms with Crippen LogP contribution in [0.1, 0.15) is 48.9 Å². The summed E-state index contributed by atoms with van der Waals surface area (Å²) >= 11 is 0. The number of anilines is 3. The van der Waals surface area contributed by atoms with E-state index in [0.29, 0.717) is 46.5 Å². The second kappa shape index (κ2) is 11.3. The topological polar surface area (TPSA) is 164 Å². The molecule has 2 aromatic heterocycles. The maximum atomic E-state index is 14.1. The molecule has 0 atom stereocenters. The quantitative estimate of drug-likeness (QED) is 0.320. The molecule has 44 heavy (non-hydrogen) atoms. The maximum Gasteiger partial charge on any atom is 0.251 e. The highest BCUT2D eigenvalue weighted by molar-refractivity contribution is 7.92. The number of aliphatic hydroxyl groups excluding tert-OH is 1. The third kappa shape index (κ3) is 5.94. The first-order valence-electron chi connectivity index (χ1n) is 14.6. The molecule has 1 amide bonds. The molecule has 236 valence electrons. The van der Waals surface area contributed by atoms with E-state index in [0.717, 1.165) is 25.7 Å². The van der Waals surface area contributed by atoms with Crippen LogP contribution in [-0.4, -0.2) is 86.2 Å². The first-order chi connectivity index (χ1) is 20.9. The van der Waals surface area contributed by atoms with Crippen LogP contribution in [0.5, 0.6) is 5.88 Å². The number of carbonyl (C=O) groups excluding carboxylic acids is 1. The van der Waals surface area contributed by atoms with E-state index < -0.39 is 34.2 Å². The van der Waals surface area contributed by atoms with Gasteiger partial charge in [0.05, 0.1) is 42.1 Å². The molecule has 3 aromatic rings. The van der Waals surface area contributed by atoms with E-state index >= 15 is 0 Å². The minimum absolute atomic E-state index is 0.0185. The minimum Gasteiger partial charge on any atom is -0.480 e. The summed E-state index contributed by atoms with van der Waals surface area (Å²) in [4.78, 5) is 21.5. The van der Waals surface area contributed by atoms with Crippen molar-refractivity contribution in [1.82, 2.24) is 15.2 Å². The van der Waals surface area contributed by atoms with Gasteiger partial charge in [0.1, 0.15) is 5.52 Å². The minimum atomic E-state index is -4.00. The number of nitrogens with two attached hydrogens (primary N) is 1. The number of fused-ring (bicyclic) bond motifs is 1. The van der Waals surface area contributed by atoms with Crippen LogP contribution in [0.2, 0.25) is 0 Å².